The summed E-state index contributed by atoms with van der Waals surface area (Å²) in [7, 11) is -0.512. The molecule has 2 aliphatic heterocycles. The van der Waals surface area contributed by atoms with Crippen LogP contribution in [0.15, 0.2) is 12.1 Å². The molecule has 136 valence electrons. The summed E-state index contributed by atoms with van der Waals surface area (Å²) in [5, 5.41) is 2.78. The Bertz CT molecular complexity index is 683. The van der Waals surface area contributed by atoms with Crippen LogP contribution in [0.1, 0.15) is 51.8 Å². The van der Waals surface area contributed by atoms with Crippen LogP contribution in [0.2, 0.25) is 0 Å². The van der Waals surface area contributed by atoms with Gasteiger partial charge in [0.05, 0.1) is 5.60 Å². The van der Waals surface area contributed by atoms with Crippen molar-refractivity contribution in [3.63, 3.8) is 0 Å². The second kappa shape index (κ2) is 6.22. The molecule has 3 rings (SSSR count). The van der Waals surface area contributed by atoms with Gasteiger partial charge in [0.1, 0.15) is 25.1 Å². The highest BCUT2D eigenvalue weighted by molar-refractivity contribution is 6.64. The molecule has 6 nitrogen and oxygen atoms in total. The van der Waals surface area contributed by atoms with E-state index >= 15 is 0 Å². The van der Waals surface area contributed by atoms with Gasteiger partial charge in [0.15, 0.2) is 0 Å². The minimum absolute atomic E-state index is 0.124. The van der Waals surface area contributed by atoms with Crippen molar-refractivity contribution in [2.45, 2.75) is 58.8 Å². The molecular weight excluding hydrogens is 321 g/mol. The largest absolute Gasteiger partial charge is 0.499 e. The molecule has 1 aromatic carbocycles. The van der Waals surface area contributed by atoms with Crippen molar-refractivity contribution in [1.82, 2.24) is 5.32 Å². The van der Waals surface area contributed by atoms with Crippen LogP contribution in [0, 0.1) is 6.92 Å². The summed E-state index contributed by atoms with van der Waals surface area (Å²) in [6, 6.07) is 3.95. The summed E-state index contributed by atoms with van der Waals surface area (Å²) in [4.78, 5) is 12.0. The van der Waals surface area contributed by atoms with E-state index in [1.807, 2.05) is 53.7 Å². The van der Waals surface area contributed by atoms with Gasteiger partial charge in [-0.2, -0.15) is 0 Å². The Balaban J connectivity index is 1.80. The molecule has 0 aromatic heterocycles. The van der Waals surface area contributed by atoms with Crippen LogP contribution in [0.25, 0.3) is 0 Å². The maximum absolute atomic E-state index is 12.0. The van der Waals surface area contributed by atoms with Crippen molar-refractivity contribution in [2.24, 2.45) is 0 Å². The number of ether oxygens (including phenoxy) is 2. The molecule has 0 saturated heterocycles. The first-order chi connectivity index (χ1) is 11.6. The van der Waals surface area contributed by atoms with Crippen molar-refractivity contribution >= 4 is 18.7 Å². The normalized spacial score (nSPS) is 21.2. The molecule has 1 atom stereocenters. The van der Waals surface area contributed by atoms with Crippen molar-refractivity contribution in [2.75, 3.05) is 13.2 Å². The molecule has 2 heterocycles. The molecule has 0 bridgehead atoms. The van der Waals surface area contributed by atoms with E-state index in [2.05, 4.69) is 5.32 Å². The molecule has 0 spiro atoms. The molecular formula is C18H26BNO5. The van der Waals surface area contributed by atoms with Crippen LogP contribution in [0.5, 0.6) is 5.75 Å². The summed E-state index contributed by atoms with van der Waals surface area (Å²) in [5.74, 6) is 0.776. The number of rotatable bonds is 2. The van der Waals surface area contributed by atoms with Gasteiger partial charge < -0.3 is 24.1 Å². The zero-order valence-corrected chi connectivity index (χ0v) is 15.8. The maximum atomic E-state index is 12.0. The fourth-order valence-corrected chi connectivity index (χ4v) is 3.09. The first kappa shape index (κ1) is 18.1. The zero-order valence-electron chi connectivity index (χ0n) is 15.8. The van der Waals surface area contributed by atoms with Crippen LogP contribution in [0.3, 0.4) is 0 Å². The molecule has 0 fully saturated rings. The summed E-state index contributed by atoms with van der Waals surface area (Å²) in [5.41, 5.74) is 2.16. The maximum Gasteiger partial charge on any atom is 0.499 e. The molecule has 1 aromatic rings. The van der Waals surface area contributed by atoms with E-state index < -0.39 is 18.8 Å². The lowest BCUT2D eigenvalue weighted by Gasteiger charge is -2.25. The molecule has 1 amide bonds. The fourth-order valence-electron chi connectivity index (χ4n) is 3.09. The van der Waals surface area contributed by atoms with Crippen molar-refractivity contribution < 1.29 is 23.6 Å². The summed E-state index contributed by atoms with van der Waals surface area (Å²) < 4.78 is 23.5. The average Bonchev–Trinajstić information content (AvgIpc) is 2.75. The first-order valence-corrected chi connectivity index (χ1v) is 8.60. The topological polar surface area (TPSA) is 66.0 Å². The Morgan fingerprint density at radius 3 is 2.80 bits per heavy atom. The molecule has 0 unspecified atom stereocenters. The van der Waals surface area contributed by atoms with E-state index in [1.165, 1.54) is 0 Å². The van der Waals surface area contributed by atoms with E-state index in [4.69, 9.17) is 18.8 Å². The Morgan fingerprint density at radius 1 is 1.40 bits per heavy atom. The van der Waals surface area contributed by atoms with E-state index in [0.717, 1.165) is 22.3 Å². The van der Waals surface area contributed by atoms with Gasteiger partial charge in [-0.15, -0.1) is 0 Å². The predicted octanol–water partition coefficient (Wildman–Crippen LogP) is 2.47. The Hall–Kier alpha value is -1.73. The lowest BCUT2D eigenvalue weighted by Crippen LogP contribution is -2.41. The lowest BCUT2D eigenvalue weighted by molar-refractivity contribution is 0.0150. The number of carbonyl (C=O) groups excluding carboxylic acids is 1. The van der Waals surface area contributed by atoms with Crippen LogP contribution < -0.4 is 15.5 Å². The minimum Gasteiger partial charge on any atom is -0.491 e. The first-order valence-electron chi connectivity index (χ1n) is 8.60. The number of hydrogen-bond acceptors (Lipinski definition) is 5. The van der Waals surface area contributed by atoms with Crippen LogP contribution in [-0.2, 0) is 14.0 Å². The number of alkyl carbamates (subject to hydrolysis) is 1. The SMILES string of the molecule is Cc1ccc2c3c1[C@@H](COC(=O)NC(C)(C)C)OB3OC(C)(C)CO2. The third kappa shape index (κ3) is 3.93. The Labute approximate surface area is 149 Å². The second-order valence-corrected chi connectivity index (χ2v) is 8.30. The van der Waals surface area contributed by atoms with Crippen LogP contribution >= 0.6 is 0 Å². The standard InChI is InChI=1S/C18H26BNO5/c1-11-7-8-12-15-14(11)13(9-22-16(21)20-17(2,3)4)24-19(15)25-18(5,6)10-23-12/h7-8,13H,9-10H2,1-6H3,(H,20,21)/t13-/m1/s1. The van der Waals surface area contributed by atoms with Crippen molar-refractivity contribution in [3.8, 4) is 5.75 Å². The van der Waals surface area contributed by atoms with E-state index in [-0.39, 0.29) is 18.2 Å². The third-order valence-corrected chi connectivity index (χ3v) is 4.15. The highest BCUT2D eigenvalue weighted by Crippen LogP contribution is 2.35. The summed E-state index contributed by atoms with van der Waals surface area (Å²) in [6.07, 6.45) is -0.831. The zero-order chi connectivity index (χ0) is 18.4. The number of aryl methyl sites for hydroxylation is 1. The minimum atomic E-state index is -0.512. The molecule has 7 heteroatoms. The summed E-state index contributed by atoms with van der Waals surface area (Å²) in [6.45, 7) is 12.2. The highest BCUT2D eigenvalue weighted by atomic mass is 16.6. The second-order valence-electron chi connectivity index (χ2n) is 8.30. The molecule has 0 aliphatic carbocycles. The number of benzene rings is 1. The molecule has 0 radical (unpaired) electrons. The van der Waals surface area contributed by atoms with Gasteiger partial charge in [-0.25, -0.2) is 4.79 Å². The summed E-state index contributed by atoms with van der Waals surface area (Å²) >= 11 is 0. The van der Waals surface area contributed by atoms with Crippen LogP contribution in [0.4, 0.5) is 4.79 Å². The number of nitrogens with one attached hydrogen (secondary N) is 1. The van der Waals surface area contributed by atoms with E-state index in [9.17, 15) is 4.79 Å². The smallest absolute Gasteiger partial charge is 0.491 e. The molecule has 25 heavy (non-hydrogen) atoms. The average molecular weight is 347 g/mol. The monoisotopic (exact) mass is 347 g/mol. The van der Waals surface area contributed by atoms with E-state index in [0.29, 0.717) is 6.61 Å². The number of carbonyl (C=O) groups is 1. The van der Waals surface area contributed by atoms with Gasteiger partial charge in [0.2, 0.25) is 0 Å². The van der Waals surface area contributed by atoms with Gasteiger partial charge in [-0.05, 0) is 58.7 Å². The molecule has 1 N–H and O–H groups in total. The van der Waals surface area contributed by atoms with Gasteiger partial charge >= 0.3 is 13.2 Å². The van der Waals surface area contributed by atoms with E-state index in [1.54, 1.807) is 0 Å². The molecule has 0 saturated carbocycles. The van der Waals surface area contributed by atoms with Crippen LogP contribution in [-0.4, -0.2) is 37.6 Å². The predicted molar refractivity (Wildman–Crippen MR) is 95.3 cm³/mol. The third-order valence-electron chi connectivity index (χ3n) is 4.15. The Morgan fingerprint density at radius 2 is 2.12 bits per heavy atom. The molecule has 2 aliphatic rings. The van der Waals surface area contributed by atoms with Crippen molar-refractivity contribution in [1.29, 1.82) is 0 Å². The number of amides is 1. The Kier molecular flexibility index (Phi) is 4.49. The van der Waals surface area contributed by atoms with Gasteiger partial charge in [-0.1, -0.05) is 6.07 Å². The van der Waals surface area contributed by atoms with Gasteiger partial charge in [0.25, 0.3) is 0 Å². The quantitative estimate of drug-likeness (QED) is 0.833. The van der Waals surface area contributed by atoms with Crippen molar-refractivity contribution in [3.05, 3.63) is 23.3 Å². The van der Waals surface area contributed by atoms with Gasteiger partial charge in [-0.3, -0.25) is 0 Å². The van der Waals surface area contributed by atoms with Gasteiger partial charge in [0, 0.05) is 11.0 Å². The number of hydrogen-bond donors (Lipinski definition) is 1. The fraction of sp³-hybridized carbons (Fsp3) is 0.611. The lowest BCUT2D eigenvalue weighted by atomic mass is 9.76. The highest BCUT2D eigenvalue weighted by Gasteiger charge is 2.46.